The lowest BCUT2D eigenvalue weighted by Crippen LogP contribution is -2.09. The molecule has 0 bridgehead atoms. The number of benzene rings is 3. The first-order valence-corrected chi connectivity index (χ1v) is 8.70. The van der Waals surface area contributed by atoms with Crippen LogP contribution in [0, 0.1) is 0 Å². The maximum absolute atomic E-state index is 10.9. The third-order valence-electron chi connectivity index (χ3n) is 3.89. The highest BCUT2D eigenvalue weighted by Gasteiger charge is 2.10. The van der Waals surface area contributed by atoms with Crippen LogP contribution in [0.3, 0.4) is 0 Å². The fourth-order valence-electron chi connectivity index (χ4n) is 2.47. The molecule has 144 valence electrons. The molecule has 0 aliphatic rings. The van der Waals surface area contributed by atoms with Gasteiger partial charge in [-0.15, -0.1) is 0 Å². The van der Waals surface area contributed by atoms with Crippen LogP contribution in [0.4, 0.5) is 0 Å². The second-order valence-corrected chi connectivity index (χ2v) is 5.93. The van der Waals surface area contributed by atoms with Gasteiger partial charge in [0.1, 0.15) is 48.4 Å². The van der Waals surface area contributed by atoms with E-state index in [1.807, 2.05) is 54.6 Å². The minimum atomic E-state index is -1.19. The van der Waals surface area contributed by atoms with Crippen LogP contribution < -0.4 is 14.2 Å². The highest BCUT2D eigenvalue weighted by atomic mass is 16.5. The number of carboxylic acid groups (broad SMARTS) is 1. The summed E-state index contributed by atoms with van der Waals surface area (Å²) in [4.78, 5) is 10.9. The Kier molecular flexibility index (Phi) is 6.36. The predicted octanol–water partition coefficient (Wildman–Crippen LogP) is 4.13. The molecule has 2 N–H and O–H groups in total. The molecule has 0 radical (unpaired) electrons. The number of aromatic hydroxyl groups is 1. The summed E-state index contributed by atoms with van der Waals surface area (Å²) >= 11 is 0. The van der Waals surface area contributed by atoms with Crippen LogP contribution in [0.25, 0.3) is 0 Å². The summed E-state index contributed by atoms with van der Waals surface area (Å²) in [6, 6.07) is 21.3. The fourth-order valence-corrected chi connectivity index (χ4v) is 2.47. The largest absolute Gasteiger partial charge is 0.507 e. The van der Waals surface area contributed by atoms with Crippen LogP contribution in [0.2, 0.25) is 0 Å². The average molecular weight is 380 g/mol. The zero-order chi connectivity index (χ0) is 19.8. The van der Waals surface area contributed by atoms with E-state index in [9.17, 15) is 9.90 Å². The topological polar surface area (TPSA) is 85.2 Å². The Hall–Kier alpha value is -3.67. The van der Waals surface area contributed by atoms with Gasteiger partial charge in [0.05, 0.1) is 0 Å². The molecular weight excluding hydrogens is 360 g/mol. The van der Waals surface area contributed by atoms with E-state index in [-0.39, 0.29) is 17.9 Å². The highest BCUT2D eigenvalue weighted by Crippen LogP contribution is 2.23. The smallest absolute Gasteiger partial charge is 0.339 e. The molecule has 0 aromatic heterocycles. The highest BCUT2D eigenvalue weighted by molar-refractivity contribution is 5.90. The van der Waals surface area contributed by atoms with Crippen LogP contribution in [0.15, 0.2) is 72.8 Å². The monoisotopic (exact) mass is 380 g/mol. The molecule has 0 spiro atoms. The van der Waals surface area contributed by atoms with Gasteiger partial charge in [0.15, 0.2) is 0 Å². The molecule has 0 fully saturated rings. The van der Waals surface area contributed by atoms with E-state index in [1.165, 1.54) is 18.2 Å². The summed E-state index contributed by atoms with van der Waals surface area (Å²) in [5, 5.41) is 18.5. The van der Waals surface area contributed by atoms with Gasteiger partial charge in [-0.1, -0.05) is 30.3 Å². The van der Waals surface area contributed by atoms with Crippen molar-refractivity contribution < 1.29 is 29.2 Å². The standard InChI is InChI=1S/C22H20O6/c23-21-14-19(10-11-20(21)22(24)25)27-13-12-26-17-6-8-18(9-7-17)28-15-16-4-2-1-3-5-16/h1-11,14,23H,12-13,15H2,(H,24,25). The van der Waals surface area contributed by atoms with E-state index < -0.39 is 5.97 Å². The molecule has 0 amide bonds. The van der Waals surface area contributed by atoms with Gasteiger partial charge >= 0.3 is 5.97 Å². The normalized spacial score (nSPS) is 10.3. The van der Waals surface area contributed by atoms with Gasteiger partial charge in [0, 0.05) is 6.07 Å². The van der Waals surface area contributed by atoms with Gasteiger partial charge in [-0.25, -0.2) is 4.79 Å². The second-order valence-electron chi connectivity index (χ2n) is 5.93. The average Bonchev–Trinajstić information content (AvgIpc) is 2.71. The molecule has 0 heterocycles. The molecule has 6 nitrogen and oxygen atoms in total. The molecule has 3 aromatic carbocycles. The van der Waals surface area contributed by atoms with Crippen LogP contribution in [0.5, 0.6) is 23.0 Å². The van der Waals surface area contributed by atoms with Crippen molar-refractivity contribution in [3.63, 3.8) is 0 Å². The molecule has 0 aliphatic carbocycles. The minimum absolute atomic E-state index is 0.168. The van der Waals surface area contributed by atoms with Crippen LogP contribution in [-0.4, -0.2) is 29.4 Å². The summed E-state index contributed by atoms with van der Waals surface area (Å²) in [6.45, 7) is 1.05. The molecule has 0 saturated heterocycles. The van der Waals surface area contributed by atoms with Crippen molar-refractivity contribution in [2.24, 2.45) is 0 Å². The third-order valence-corrected chi connectivity index (χ3v) is 3.89. The Balaban J connectivity index is 1.41. The molecule has 0 saturated carbocycles. The molecule has 3 aromatic rings. The number of carbonyl (C=O) groups is 1. The quantitative estimate of drug-likeness (QED) is 0.543. The van der Waals surface area contributed by atoms with Crippen molar-refractivity contribution in [1.82, 2.24) is 0 Å². The molecular formula is C22H20O6. The van der Waals surface area contributed by atoms with Crippen molar-refractivity contribution in [2.75, 3.05) is 13.2 Å². The molecule has 3 rings (SSSR count). The van der Waals surface area contributed by atoms with E-state index in [1.54, 1.807) is 0 Å². The van der Waals surface area contributed by atoms with Crippen molar-refractivity contribution in [3.05, 3.63) is 83.9 Å². The summed E-state index contributed by atoms with van der Waals surface area (Å²) in [7, 11) is 0. The number of phenols is 1. The minimum Gasteiger partial charge on any atom is -0.507 e. The zero-order valence-corrected chi connectivity index (χ0v) is 15.1. The number of aromatic carboxylic acids is 1. The number of rotatable bonds is 9. The van der Waals surface area contributed by atoms with Crippen molar-refractivity contribution in [2.45, 2.75) is 6.61 Å². The van der Waals surface area contributed by atoms with Crippen LogP contribution >= 0.6 is 0 Å². The maximum atomic E-state index is 10.9. The number of carboxylic acids is 1. The molecule has 0 unspecified atom stereocenters. The zero-order valence-electron chi connectivity index (χ0n) is 15.1. The van der Waals surface area contributed by atoms with Crippen molar-refractivity contribution in [3.8, 4) is 23.0 Å². The lowest BCUT2D eigenvalue weighted by molar-refractivity contribution is 0.0693. The Labute approximate surface area is 162 Å². The summed E-state index contributed by atoms with van der Waals surface area (Å²) in [6.07, 6.45) is 0. The lowest BCUT2D eigenvalue weighted by atomic mass is 10.2. The molecule has 0 atom stereocenters. The summed E-state index contributed by atoms with van der Waals surface area (Å²) < 4.78 is 16.8. The van der Waals surface area contributed by atoms with Crippen LogP contribution in [0.1, 0.15) is 15.9 Å². The lowest BCUT2D eigenvalue weighted by Gasteiger charge is -2.10. The first-order chi connectivity index (χ1) is 13.6. The Morgan fingerprint density at radius 2 is 1.32 bits per heavy atom. The van der Waals surface area contributed by atoms with Gasteiger partial charge < -0.3 is 24.4 Å². The number of hydrogen-bond donors (Lipinski definition) is 2. The first-order valence-electron chi connectivity index (χ1n) is 8.70. The van der Waals surface area contributed by atoms with Crippen LogP contribution in [-0.2, 0) is 6.61 Å². The number of hydrogen-bond acceptors (Lipinski definition) is 5. The molecule has 0 aliphatic heterocycles. The molecule has 28 heavy (non-hydrogen) atoms. The number of ether oxygens (including phenoxy) is 3. The first kappa shape index (κ1) is 19.1. The Bertz CT molecular complexity index is 906. The van der Waals surface area contributed by atoms with E-state index in [2.05, 4.69) is 0 Å². The van der Waals surface area contributed by atoms with E-state index in [0.717, 1.165) is 11.3 Å². The SMILES string of the molecule is O=C(O)c1ccc(OCCOc2ccc(OCc3ccccc3)cc2)cc1O. The summed E-state index contributed by atoms with van der Waals surface area (Å²) in [5.74, 6) is 0.275. The van der Waals surface area contributed by atoms with E-state index >= 15 is 0 Å². The second kappa shape index (κ2) is 9.32. The van der Waals surface area contributed by atoms with Gasteiger partial charge in [0.2, 0.25) is 0 Å². The third kappa shape index (κ3) is 5.41. The fraction of sp³-hybridized carbons (Fsp3) is 0.136. The predicted molar refractivity (Wildman–Crippen MR) is 103 cm³/mol. The van der Waals surface area contributed by atoms with E-state index in [4.69, 9.17) is 19.3 Å². The van der Waals surface area contributed by atoms with Gasteiger partial charge in [-0.05, 0) is 42.0 Å². The van der Waals surface area contributed by atoms with Gasteiger partial charge in [-0.3, -0.25) is 0 Å². The van der Waals surface area contributed by atoms with Gasteiger partial charge in [-0.2, -0.15) is 0 Å². The van der Waals surface area contributed by atoms with Crippen molar-refractivity contribution in [1.29, 1.82) is 0 Å². The Morgan fingerprint density at radius 1 is 0.750 bits per heavy atom. The Morgan fingerprint density at radius 3 is 1.93 bits per heavy atom. The maximum Gasteiger partial charge on any atom is 0.339 e. The summed E-state index contributed by atoms with van der Waals surface area (Å²) in [5.41, 5.74) is 0.931. The van der Waals surface area contributed by atoms with Gasteiger partial charge in [0.25, 0.3) is 0 Å². The van der Waals surface area contributed by atoms with Crippen molar-refractivity contribution >= 4 is 5.97 Å². The molecule has 6 heteroatoms. The van der Waals surface area contributed by atoms with E-state index in [0.29, 0.717) is 24.7 Å².